The summed E-state index contributed by atoms with van der Waals surface area (Å²) in [6.45, 7) is -1.47. The molecule has 248 valence electrons. The summed E-state index contributed by atoms with van der Waals surface area (Å²) in [6.07, 6.45) is -37.2. The van der Waals surface area contributed by atoms with Crippen molar-refractivity contribution in [3.63, 3.8) is 0 Å². The van der Waals surface area contributed by atoms with Crippen molar-refractivity contribution in [2.75, 3.05) is 6.61 Å². The summed E-state index contributed by atoms with van der Waals surface area (Å²) in [6, 6.07) is 9.34. The van der Waals surface area contributed by atoms with E-state index >= 15 is 0 Å². The first-order chi connectivity index (χ1) is 19.7. The lowest BCUT2D eigenvalue weighted by Gasteiger charge is -2.36. The number of rotatable bonds is 13. The van der Waals surface area contributed by atoms with Gasteiger partial charge in [-0.05, 0) is 42.3 Å². The van der Waals surface area contributed by atoms with Gasteiger partial charge in [-0.3, -0.25) is 0 Å². The maximum absolute atomic E-state index is 13.8. The topological polar surface area (TPSA) is 54.0 Å². The molecule has 1 atom stereocenters. The molecule has 2 aromatic rings. The van der Waals surface area contributed by atoms with E-state index in [0.29, 0.717) is 11.1 Å². The lowest BCUT2D eigenvalue weighted by atomic mass is 10.1. The third kappa shape index (κ3) is 7.96. The number of carbonyl (C=O) groups excluding carboxylic acids is 1. The molecule has 0 aliphatic carbocycles. The van der Waals surface area contributed by atoms with Crippen LogP contribution in [-0.4, -0.2) is 61.2 Å². The lowest BCUT2D eigenvalue weighted by molar-refractivity contribution is -0.542. The molecule has 0 fully saturated rings. The highest BCUT2D eigenvalue weighted by atomic mass is 19.4. The maximum Gasteiger partial charge on any atom is 0.460 e. The number of halogens is 16. The van der Waals surface area contributed by atoms with Gasteiger partial charge in [-0.25, -0.2) is 18.7 Å². The molecule has 0 radical (unpaired) electrons. The standard InChI is InChI=1S/C23H14F16O5/c1-11(24)16(40)42-15-8-4-13(5-9-15)12-2-6-14(7-3-12)41-10-17(25,26)43-22(36,37)23(38,39)44-21(34,35)19(29,30)18(27,28)20(31,32)33/h2-9,11H,10H2,1H3/t11-/m0/s1. The van der Waals surface area contributed by atoms with E-state index in [1.165, 1.54) is 24.3 Å². The summed E-state index contributed by atoms with van der Waals surface area (Å²) >= 11 is 0. The van der Waals surface area contributed by atoms with Crippen molar-refractivity contribution in [3.8, 4) is 22.6 Å². The summed E-state index contributed by atoms with van der Waals surface area (Å²) in [5.41, 5.74) is 0.699. The lowest BCUT2D eigenvalue weighted by Crippen LogP contribution is -2.64. The monoisotopic (exact) mass is 674 g/mol. The largest absolute Gasteiger partial charge is 0.484 e. The molecule has 0 saturated carbocycles. The average molecular weight is 674 g/mol. The molecule has 0 saturated heterocycles. The SMILES string of the molecule is C[C@H](F)C(=O)Oc1ccc(-c2ccc(OCC(F)(F)OC(F)(F)C(F)(F)OC(F)(F)C(F)(F)C(F)(F)C(F)(F)F)cc2)cc1. The van der Waals surface area contributed by atoms with Crippen LogP contribution in [0.4, 0.5) is 70.2 Å². The Kier molecular flexibility index (Phi) is 10.1. The summed E-state index contributed by atoms with van der Waals surface area (Å²) in [5.74, 6) is -17.6. The fourth-order valence-electron chi connectivity index (χ4n) is 2.75. The van der Waals surface area contributed by atoms with E-state index in [9.17, 15) is 75.0 Å². The van der Waals surface area contributed by atoms with E-state index in [1.54, 1.807) is 4.74 Å². The fraction of sp³-hybridized carbons (Fsp3) is 0.435. The zero-order valence-electron chi connectivity index (χ0n) is 21.0. The second-order valence-electron chi connectivity index (χ2n) is 8.41. The van der Waals surface area contributed by atoms with Crippen molar-refractivity contribution in [2.45, 2.75) is 55.6 Å². The predicted molar refractivity (Wildman–Crippen MR) is 111 cm³/mol. The van der Waals surface area contributed by atoms with Crippen LogP contribution >= 0.6 is 0 Å². The van der Waals surface area contributed by atoms with Crippen LogP contribution in [0.2, 0.25) is 0 Å². The number of benzene rings is 2. The molecule has 44 heavy (non-hydrogen) atoms. The van der Waals surface area contributed by atoms with Crippen LogP contribution in [0.5, 0.6) is 11.5 Å². The zero-order valence-corrected chi connectivity index (χ0v) is 21.0. The third-order valence-electron chi connectivity index (χ3n) is 4.98. The minimum Gasteiger partial charge on any atom is -0.484 e. The number of hydrogen-bond acceptors (Lipinski definition) is 5. The van der Waals surface area contributed by atoms with Gasteiger partial charge in [0, 0.05) is 0 Å². The van der Waals surface area contributed by atoms with Crippen molar-refractivity contribution in [3.05, 3.63) is 48.5 Å². The summed E-state index contributed by atoms with van der Waals surface area (Å²) < 4.78 is 222. The van der Waals surface area contributed by atoms with Gasteiger partial charge in [0.15, 0.2) is 12.8 Å². The van der Waals surface area contributed by atoms with Crippen LogP contribution in [0.1, 0.15) is 6.92 Å². The molecule has 0 unspecified atom stereocenters. The average Bonchev–Trinajstić information content (AvgIpc) is 2.86. The van der Waals surface area contributed by atoms with Crippen molar-refractivity contribution < 1.29 is 94.0 Å². The van der Waals surface area contributed by atoms with Crippen LogP contribution in [0.25, 0.3) is 11.1 Å². The molecule has 0 N–H and O–H groups in total. The zero-order chi connectivity index (χ0) is 34.2. The molecule has 2 aromatic carbocycles. The van der Waals surface area contributed by atoms with Crippen LogP contribution in [0.3, 0.4) is 0 Å². The molecule has 0 spiro atoms. The van der Waals surface area contributed by atoms with Crippen molar-refractivity contribution in [2.24, 2.45) is 0 Å². The van der Waals surface area contributed by atoms with E-state index in [-0.39, 0.29) is 5.75 Å². The molecular formula is C23H14F16O5. The Labute approximate surface area is 234 Å². The van der Waals surface area contributed by atoms with E-state index < -0.39 is 67.0 Å². The Morgan fingerprint density at radius 2 is 1.02 bits per heavy atom. The highest BCUT2D eigenvalue weighted by Crippen LogP contribution is 2.56. The maximum atomic E-state index is 13.8. The molecule has 21 heteroatoms. The van der Waals surface area contributed by atoms with E-state index in [4.69, 9.17) is 4.74 Å². The quantitative estimate of drug-likeness (QED) is 0.122. The summed E-state index contributed by atoms with van der Waals surface area (Å²) in [5, 5.41) is 0. The second-order valence-corrected chi connectivity index (χ2v) is 8.41. The summed E-state index contributed by atoms with van der Waals surface area (Å²) in [7, 11) is 0. The number of alkyl halides is 16. The Morgan fingerprint density at radius 3 is 1.43 bits per heavy atom. The highest BCUT2D eigenvalue weighted by Gasteiger charge is 2.85. The molecule has 0 aromatic heterocycles. The third-order valence-corrected chi connectivity index (χ3v) is 4.98. The first-order valence-electron chi connectivity index (χ1n) is 11.1. The Bertz CT molecular complexity index is 1280. The van der Waals surface area contributed by atoms with Crippen molar-refractivity contribution >= 4 is 5.97 Å². The number of esters is 1. The van der Waals surface area contributed by atoms with E-state index in [1.807, 2.05) is 0 Å². The molecular weight excluding hydrogens is 660 g/mol. The number of carbonyl (C=O) groups is 1. The van der Waals surface area contributed by atoms with Gasteiger partial charge in [-0.15, -0.1) is 0 Å². The minimum atomic E-state index is -7.95. The van der Waals surface area contributed by atoms with Gasteiger partial charge in [-0.1, -0.05) is 24.3 Å². The Balaban J connectivity index is 2.09. The van der Waals surface area contributed by atoms with Crippen LogP contribution in [0.15, 0.2) is 48.5 Å². The van der Waals surface area contributed by atoms with Crippen LogP contribution in [-0.2, 0) is 14.3 Å². The first kappa shape index (κ1) is 36.7. The number of hydrogen-bond donors (Lipinski definition) is 0. The van der Waals surface area contributed by atoms with Gasteiger partial charge < -0.3 is 9.47 Å². The second kappa shape index (κ2) is 12.1. The van der Waals surface area contributed by atoms with Gasteiger partial charge in [0.2, 0.25) is 0 Å². The van der Waals surface area contributed by atoms with Crippen molar-refractivity contribution in [1.82, 2.24) is 0 Å². The Morgan fingerprint density at radius 1 is 0.614 bits per heavy atom. The molecule has 2 rings (SSSR count). The minimum absolute atomic E-state index is 0.0464. The molecule has 0 aliphatic heterocycles. The number of ether oxygens (including phenoxy) is 4. The van der Waals surface area contributed by atoms with Gasteiger partial charge in [0.1, 0.15) is 11.5 Å². The Hall–Kier alpha value is -3.49. The molecule has 5 nitrogen and oxygen atoms in total. The van der Waals surface area contributed by atoms with Crippen LogP contribution in [0, 0.1) is 0 Å². The summed E-state index contributed by atoms with van der Waals surface area (Å²) in [4.78, 5) is 11.2. The van der Waals surface area contributed by atoms with Crippen molar-refractivity contribution in [1.29, 1.82) is 0 Å². The van der Waals surface area contributed by atoms with E-state index in [0.717, 1.165) is 31.2 Å². The fourth-order valence-corrected chi connectivity index (χ4v) is 2.75. The molecule has 0 amide bonds. The molecule has 0 aliphatic rings. The molecule has 0 bridgehead atoms. The van der Waals surface area contributed by atoms with Gasteiger partial charge in [0.05, 0.1) is 0 Å². The van der Waals surface area contributed by atoms with Gasteiger partial charge in [0.25, 0.3) is 0 Å². The first-order valence-corrected chi connectivity index (χ1v) is 11.1. The molecule has 0 heterocycles. The van der Waals surface area contributed by atoms with E-state index in [2.05, 4.69) is 9.47 Å². The van der Waals surface area contributed by atoms with Gasteiger partial charge >= 0.3 is 48.4 Å². The highest BCUT2D eigenvalue weighted by molar-refractivity contribution is 5.77. The van der Waals surface area contributed by atoms with Crippen LogP contribution < -0.4 is 9.47 Å². The van der Waals surface area contributed by atoms with Gasteiger partial charge in [-0.2, -0.15) is 65.9 Å². The smallest absolute Gasteiger partial charge is 0.460 e. The normalized spacial score (nSPS) is 14.8. The predicted octanol–water partition coefficient (Wildman–Crippen LogP) is 8.23.